The molecule has 0 fully saturated rings. The van der Waals surface area contributed by atoms with Crippen LogP contribution in [0.5, 0.6) is 0 Å². The Morgan fingerprint density at radius 2 is 1.61 bits per heavy atom. The molecule has 18 heavy (non-hydrogen) atoms. The Kier molecular flexibility index (Phi) is 2.90. The van der Waals surface area contributed by atoms with Crippen molar-refractivity contribution in [1.29, 1.82) is 0 Å². The summed E-state index contributed by atoms with van der Waals surface area (Å²) in [6.45, 7) is 1.29. The van der Waals surface area contributed by atoms with Crippen molar-refractivity contribution >= 4 is 11.4 Å². The highest BCUT2D eigenvalue weighted by Gasteiger charge is 2.21. The maximum atomic E-state index is 13.9. The van der Waals surface area contributed by atoms with Crippen LogP contribution in [0.3, 0.4) is 0 Å². The Morgan fingerprint density at radius 1 is 0.944 bits per heavy atom. The van der Waals surface area contributed by atoms with Crippen LogP contribution < -0.4 is 11.5 Å². The first-order chi connectivity index (χ1) is 8.43. The molecule has 0 amide bonds. The zero-order valence-corrected chi connectivity index (χ0v) is 9.60. The predicted octanol–water partition coefficient (Wildman–Crippen LogP) is 3.24. The van der Waals surface area contributed by atoms with Crippen molar-refractivity contribution in [2.75, 3.05) is 11.5 Å². The molecule has 2 nitrogen and oxygen atoms in total. The van der Waals surface area contributed by atoms with E-state index in [1.54, 1.807) is 18.2 Å². The fourth-order valence-electron chi connectivity index (χ4n) is 1.83. The molecule has 2 aromatic rings. The molecule has 0 saturated carbocycles. The number of hydrogen-bond acceptors (Lipinski definition) is 2. The van der Waals surface area contributed by atoms with Crippen LogP contribution in [-0.4, -0.2) is 0 Å². The summed E-state index contributed by atoms with van der Waals surface area (Å²) in [6, 6.07) is 6.24. The van der Waals surface area contributed by atoms with Crippen LogP contribution in [0.4, 0.5) is 24.5 Å². The molecule has 0 radical (unpaired) electrons. The number of anilines is 2. The lowest BCUT2D eigenvalue weighted by Crippen LogP contribution is -2.04. The summed E-state index contributed by atoms with van der Waals surface area (Å²) in [4.78, 5) is 0. The van der Waals surface area contributed by atoms with Gasteiger partial charge in [-0.15, -0.1) is 0 Å². The molecule has 0 aromatic heterocycles. The van der Waals surface area contributed by atoms with E-state index in [0.717, 1.165) is 0 Å². The quantitative estimate of drug-likeness (QED) is 0.604. The van der Waals surface area contributed by atoms with Gasteiger partial charge < -0.3 is 11.5 Å². The van der Waals surface area contributed by atoms with E-state index in [2.05, 4.69) is 0 Å². The molecule has 0 aliphatic rings. The summed E-state index contributed by atoms with van der Waals surface area (Å²) in [5, 5.41) is 0. The molecule has 0 spiro atoms. The molecular formula is C13H11F3N2. The van der Waals surface area contributed by atoms with Gasteiger partial charge in [-0.3, -0.25) is 0 Å². The Bertz CT molecular complexity index is 595. The fourth-order valence-corrected chi connectivity index (χ4v) is 1.83. The van der Waals surface area contributed by atoms with Gasteiger partial charge in [0, 0.05) is 11.3 Å². The van der Waals surface area contributed by atoms with E-state index in [4.69, 9.17) is 11.5 Å². The third-order valence-corrected chi connectivity index (χ3v) is 2.76. The second-order valence-corrected chi connectivity index (χ2v) is 3.98. The lowest BCUT2D eigenvalue weighted by Gasteiger charge is -2.12. The standard InChI is InChI=1S/C13H11F3N2/c1-6-9(7-3-2-4-8(17)5-7)11(15)13(18)12(16)10(6)14/h2-5H,17-18H2,1H3. The van der Waals surface area contributed by atoms with Gasteiger partial charge in [-0.2, -0.15) is 0 Å². The minimum Gasteiger partial charge on any atom is -0.399 e. The summed E-state index contributed by atoms with van der Waals surface area (Å²) in [7, 11) is 0. The summed E-state index contributed by atoms with van der Waals surface area (Å²) in [5.74, 6) is -3.49. The van der Waals surface area contributed by atoms with Gasteiger partial charge >= 0.3 is 0 Å². The average Bonchev–Trinajstić information content (AvgIpc) is 2.34. The highest BCUT2D eigenvalue weighted by Crippen LogP contribution is 2.34. The molecular weight excluding hydrogens is 241 g/mol. The molecule has 0 heterocycles. The van der Waals surface area contributed by atoms with E-state index in [0.29, 0.717) is 11.3 Å². The number of rotatable bonds is 1. The van der Waals surface area contributed by atoms with Crippen molar-refractivity contribution in [3.8, 4) is 11.1 Å². The van der Waals surface area contributed by atoms with Gasteiger partial charge in [0.25, 0.3) is 0 Å². The monoisotopic (exact) mass is 252 g/mol. The Labute approximate surface area is 102 Å². The molecule has 0 saturated heterocycles. The van der Waals surface area contributed by atoms with E-state index in [1.165, 1.54) is 13.0 Å². The molecule has 0 aliphatic heterocycles. The second kappa shape index (κ2) is 4.25. The van der Waals surface area contributed by atoms with Crippen LogP contribution in [0, 0.1) is 24.4 Å². The molecule has 94 valence electrons. The van der Waals surface area contributed by atoms with E-state index in [9.17, 15) is 13.2 Å². The lowest BCUT2D eigenvalue weighted by atomic mass is 9.98. The lowest BCUT2D eigenvalue weighted by molar-refractivity contribution is 0.496. The molecule has 4 N–H and O–H groups in total. The van der Waals surface area contributed by atoms with E-state index in [1.807, 2.05) is 0 Å². The van der Waals surface area contributed by atoms with Gasteiger partial charge in [0.1, 0.15) is 5.69 Å². The minimum atomic E-state index is -1.36. The van der Waals surface area contributed by atoms with E-state index < -0.39 is 23.1 Å². The topological polar surface area (TPSA) is 52.0 Å². The van der Waals surface area contributed by atoms with Crippen LogP contribution in [0.25, 0.3) is 11.1 Å². The molecule has 0 atom stereocenters. The van der Waals surface area contributed by atoms with Gasteiger partial charge in [0.05, 0.1) is 0 Å². The molecule has 2 aromatic carbocycles. The Hall–Kier alpha value is -2.17. The van der Waals surface area contributed by atoms with Crippen LogP contribution >= 0.6 is 0 Å². The van der Waals surface area contributed by atoms with Gasteiger partial charge in [0.15, 0.2) is 17.5 Å². The second-order valence-electron chi connectivity index (χ2n) is 3.98. The average molecular weight is 252 g/mol. The van der Waals surface area contributed by atoms with E-state index in [-0.39, 0.29) is 11.1 Å². The van der Waals surface area contributed by atoms with Gasteiger partial charge in [0.2, 0.25) is 0 Å². The zero-order chi connectivity index (χ0) is 13.4. The number of nitrogen functional groups attached to an aromatic ring is 2. The maximum absolute atomic E-state index is 13.9. The summed E-state index contributed by atoms with van der Waals surface area (Å²) in [5.41, 5.74) is 10.5. The third-order valence-electron chi connectivity index (χ3n) is 2.76. The van der Waals surface area contributed by atoms with Crippen molar-refractivity contribution in [2.24, 2.45) is 0 Å². The largest absolute Gasteiger partial charge is 0.399 e. The molecule has 0 unspecified atom stereocenters. The summed E-state index contributed by atoms with van der Waals surface area (Å²) >= 11 is 0. The maximum Gasteiger partial charge on any atom is 0.184 e. The molecule has 5 heteroatoms. The first kappa shape index (κ1) is 12.3. The molecule has 2 rings (SSSR count). The summed E-state index contributed by atoms with van der Waals surface area (Å²) in [6.07, 6.45) is 0. The first-order valence-corrected chi connectivity index (χ1v) is 5.22. The Balaban J connectivity index is 2.80. The van der Waals surface area contributed by atoms with Crippen LogP contribution in [0.1, 0.15) is 5.56 Å². The van der Waals surface area contributed by atoms with Gasteiger partial charge in [-0.1, -0.05) is 12.1 Å². The van der Waals surface area contributed by atoms with Crippen LogP contribution in [0.15, 0.2) is 24.3 Å². The minimum absolute atomic E-state index is 0.0706. The van der Waals surface area contributed by atoms with Crippen LogP contribution in [-0.2, 0) is 0 Å². The van der Waals surface area contributed by atoms with Gasteiger partial charge in [-0.05, 0) is 30.2 Å². The summed E-state index contributed by atoms with van der Waals surface area (Å²) < 4.78 is 40.8. The van der Waals surface area contributed by atoms with Crippen molar-refractivity contribution in [2.45, 2.75) is 6.92 Å². The van der Waals surface area contributed by atoms with Crippen molar-refractivity contribution in [3.63, 3.8) is 0 Å². The normalized spacial score (nSPS) is 10.7. The molecule has 0 aliphatic carbocycles. The third kappa shape index (κ3) is 1.77. The predicted molar refractivity (Wildman–Crippen MR) is 65.3 cm³/mol. The molecule has 0 bridgehead atoms. The highest BCUT2D eigenvalue weighted by atomic mass is 19.2. The fraction of sp³-hybridized carbons (Fsp3) is 0.0769. The zero-order valence-electron chi connectivity index (χ0n) is 9.60. The van der Waals surface area contributed by atoms with Crippen LogP contribution in [0.2, 0.25) is 0 Å². The number of nitrogens with two attached hydrogens (primary N) is 2. The Morgan fingerprint density at radius 3 is 2.22 bits per heavy atom. The highest BCUT2D eigenvalue weighted by molar-refractivity contribution is 5.74. The van der Waals surface area contributed by atoms with Crippen molar-refractivity contribution < 1.29 is 13.2 Å². The van der Waals surface area contributed by atoms with E-state index >= 15 is 0 Å². The van der Waals surface area contributed by atoms with Gasteiger partial charge in [-0.25, -0.2) is 13.2 Å². The van der Waals surface area contributed by atoms with Crippen molar-refractivity contribution in [3.05, 3.63) is 47.3 Å². The number of halogens is 3. The smallest absolute Gasteiger partial charge is 0.184 e. The SMILES string of the molecule is Cc1c(F)c(F)c(N)c(F)c1-c1cccc(N)c1. The number of benzene rings is 2. The number of hydrogen-bond donors (Lipinski definition) is 2. The van der Waals surface area contributed by atoms with Crippen molar-refractivity contribution in [1.82, 2.24) is 0 Å². The first-order valence-electron chi connectivity index (χ1n) is 5.22.